The molecule has 82 valence electrons. The SMILES string of the molecule is Cc1cccc(COC2CNCC2F)c1. The summed E-state index contributed by atoms with van der Waals surface area (Å²) < 4.78 is 18.7. The van der Waals surface area contributed by atoms with E-state index in [1.54, 1.807) is 0 Å². The molecule has 2 unspecified atom stereocenters. The zero-order chi connectivity index (χ0) is 10.7. The third-order valence-electron chi connectivity index (χ3n) is 2.63. The number of nitrogens with one attached hydrogen (secondary N) is 1. The summed E-state index contributed by atoms with van der Waals surface area (Å²) in [5.41, 5.74) is 2.31. The largest absolute Gasteiger partial charge is 0.369 e. The highest BCUT2D eigenvalue weighted by atomic mass is 19.1. The van der Waals surface area contributed by atoms with Crippen LogP contribution in [0.15, 0.2) is 24.3 Å². The molecule has 1 N–H and O–H groups in total. The smallest absolute Gasteiger partial charge is 0.140 e. The van der Waals surface area contributed by atoms with Crippen LogP contribution in [0.2, 0.25) is 0 Å². The molecule has 1 fully saturated rings. The van der Waals surface area contributed by atoms with Crippen LogP contribution in [0.3, 0.4) is 0 Å². The number of ether oxygens (including phenoxy) is 1. The highest BCUT2D eigenvalue weighted by Crippen LogP contribution is 2.12. The molecule has 0 aliphatic carbocycles. The molecule has 1 heterocycles. The van der Waals surface area contributed by atoms with Crippen molar-refractivity contribution in [1.29, 1.82) is 0 Å². The van der Waals surface area contributed by atoms with Crippen molar-refractivity contribution in [2.24, 2.45) is 0 Å². The minimum Gasteiger partial charge on any atom is -0.369 e. The summed E-state index contributed by atoms with van der Waals surface area (Å²) in [5, 5.41) is 2.97. The Hall–Kier alpha value is -0.930. The summed E-state index contributed by atoms with van der Waals surface area (Å²) in [4.78, 5) is 0. The summed E-state index contributed by atoms with van der Waals surface area (Å²) >= 11 is 0. The maximum absolute atomic E-state index is 13.2. The van der Waals surface area contributed by atoms with Crippen LogP contribution in [0.25, 0.3) is 0 Å². The Morgan fingerprint density at radius 1 is 1.47 bits per heavy atom. The lowest BCUT2D eigenvalue weighted by Gasteiger charge is -2.13. The number of halogens is 1. The Bertz CT molecular complexity index is 329. The zero-order valence-electron chi connectivity index (χ0n) is 8.87. The van der Waals surface area contributed by atoms with Crippen molar-refractivity contribution in [3.05, 3.63) is 35.4 Å². The second-order valence-corrected chi connectivity index (χ2v) is 4.01. The van der Waals surface area contributed by atoms with E-state index in [9.17, 15) is 4.39 Å². The minimum absolute atomic E-state index is 0.287. The normalized spacial score (nSPS) is 25.7. The van der Waals surface area contributed by atoms with Crippen LogP contribution in [-0.4, -0.2) is 25.4 Å². The first-order valence-corrected chi connectivity index (χ1v) is 5.27. The van der Waals surface area contributed by atoms with Gasteiger partial charge < -0.3 is 10.1 Å². The predicted octanol–water partition coefficient (Wildman–Crippen LogP) is 1.82. The van der Waals surface area contributed by atoms with Crippen LogP contribution < -0.4 is 5.32 Å². The topological polar surface area (TPSA) is 21.3 Å². The average Bonchev–Trinajstić information content (AvgIpc) is 2.61. The maximum atomic E-state index is 13.2. The molecule has 0 aromatic heterocycles. The van der Waals surface area contributed by atoms with Crippen LogP contribution in [0, 0.1) is 6.92 Å². The van der Waals surface area contributed by atoms with Gasteiger partial charge in [0.2, 0.25) is 0 Å². The Labute approximate surface area is 89.4 Å². The van der Waals surface area contributed by atoms with E-state index in [2.05, 4.69) is 11.4 Å². The number of hydrogen-bond donors (Lipinski definition) is 1. The first kappa shape index (κ1) is 10.6. The molecular weight excluding hydrogens is 193 g/mol. The van der Waals surface area contributed by atoms with Gasteiger partial charge in [-0.3, -0.25) is 0 Å². The Balaban J connectivity index is 1.87. The zero-order valence-corrected chi connectivity index (χ0v) is 8.87. The highest BCUT2D eigenvalue weighted by Gasteiger charge is 2.27. The molecule has 0 bridgehead atoms. The molecule has 0 radical (unpaired) electrons. The Kier molecular flexibility index (Phi) is 3.34. The molecule has 0 amide bonds. The van der Waals surface area contributed by atoms with Crippen molar-refractivity contribution in [2.45, 2.75) is 25.8 Å². The standard InChI is InChI=1S/C12H16FNO/c1-9-3-2-4-10(5-9)8-15-12-7-14-6-11(12)13/h2-5,11-12,14H,6-8H2,1H3. The lowest BCUT2D eigenvalue weighted by Crippen LogP contribution is -2.23. The molecule has 1 aliphatic heterocycles. The Morgan fingerprint density at radius 3 is 3.00 bits per heavy atom. The fourth-order valence-electron chi connectivity index (χ4n) is 1.79. The monoisotopic (exact) mass is 209 g/mol. The summed E-state index contributed by atoms with van der Waals surface area (Å²) in [6, 6.07) is 8.10. The molecule has 2 atom stereocenters. The summed E-state index contributed by atoms with van der Waals surface area (Å²) in [5.74, 6) is 0. The highest BCUT2D eigenvalue weighted by molar-refractivity contribution is 5.21. The fourth-order valence-corrected chi connectivity index (χ4v) is 1.79. The van der Waals surface area contributed by atoms with Crippen molar-refractivity contribution >= 4 is 0 Å². The molecule has 1 aromatic rings. The van der Waals surface area contributed by atoms with Gasteiger partial charge >= 0.3 is 0 Å². The van der Waals surface area contributed by atoms with E-state index in [4.69, 9.17) is 4.74 Å². The van der Waals surface area contributed by atoms with Crippen LogP contribution in [-0.2, 0) is 11.3 Å². The van der Waals surface area contributed by atoms with Gasteiger partial charge in [-0.25, -0.2) is 4.39 Å². The first-order chi connectivity index (χ1) is 7.25. The molecular formula is C12H16FNO. The van der Waals surface area contributed by atoms with Crippen molar-refractivity contribution in [3.8, 4) is 0 Å². The van der Waals surface area contributed by atoms with E-state index in [0.717, 1.165) is 5.56 Å². The number of alkyl halides is 1. The van der Waals surface area contributed by atoms with Gasteiger partial charge in [-0.05, 0) is 12.5 Å². The van der Waals surface area contributed by atoms with Gasteiger partial charge in [0.05, 0.1) is 6.61 Å². The van der Waals surface area contributed by atoms with Gasteiger partial charge in [0.25, 0.3) is 0 Å². The van der Waals surface area contributed by atoms with Crippen LogP contribution in [0.4, 0.5) is 4.39 Å². The molecule has 3 heteroatoms. The second kappa shape index (κ2) is 4.73. The van der Waals surface area contributed by atoms with E-state index in [1.165, 1.54) is 5.56 Å². The Morgan fingerprint density at radius 2 is 2.33 bits per heavy atom. The maximum Gasteiger partial charge on any atom is 0.140 e. The van der Waals surface area contributed by atoms with Gasteiger partial charge in [-0.2, -0.15) is 0 Å². The molecule has 15 heavy (non-hydrogen) atoms. The molecule has 2 nitrogen and oxygen atoms in total. The molecule has 2 rings (SSSR count). The van der Waals surface area contributed by atoms with Crippen molar-refractivity contribution in [2.75, 3.05) is 13.1 Å². The molecule has 1 aliphatic rings. The van der Waals surface area contributed by atoms with Crippen LogP contribution in [0.1, 0.15) is 11.1 Å². The first-order valence-electron chi connectivity index (χ1n) is 5.27. The number of benzene rings is 1. The summed E-state index contributed by atoms with van der Waals surface area (Å²) in [6.45, 7) is 3.57. The lowest BCUT2D eigenvalue weighted by molar-refractivity contribution is 0.0139. The van der Waals surface area contributed by atoms with Gasteiger partial charge in [-0.15, -0.1) is 0 Å². The number of rotatable bonds is 3. The fraction of sp³-hybridized carbons (Fsp3) is 0.500. The van der Waals surface area contributed by atoms with Gasteiger partial charge in [0, 0.05) is 13.1 Å². The third kappa shape index (κ3) is 2.76. The third-order valence-corrected chi connectivity index (χ3v) is 2.63. The van der Waals surface area contributed by atoms with Crippen molar-refractivity contribution < 1.29 is 9.13 Å². The summed E-state index contributed by atoms with van der Waals surface area (Å²) in [7, 11) is 0. The van der Waals surface area contributed by atoms with E-state index in [1.807, 2.05) is 25.1 Å². The second-order valence-electron chi connectivity index (χ2n) is 4.01. The number of aryl methyl sites for hydroxylation is 1. The van der Waals surface area contributed by atoms with Gasteiger partial charge in [0.15, 0.2) is 0 Å². The van der Waals surface area contributed by atoms with Crippen molar-refractivity contribution in [3.63, 3.8) is 0 Å². The van der Waals surface area contributed by atoms with E-state index in [0.29, 0.717) is 19.7 Å². The molecule has 0 spiro atoms. The average molecular weight is 209 g/mol. The van der Waals surface area contributed by atoms with E-state index in [-0.39, 0.29) is 6.10 Å². The van der Waals surface area contributed by atoms with Crippen LogP contribution >= 0.6 is 0 Å². The summed E-state index contributed by atoms with van der Waals surface area (Å²) in [6.07, 6.45) is -1.15. The quantitative estimate of drug-likeness (QED) is 0.820. The molecule has 0 saturated carbocycles. The van der Waals surface area contributed by atoms with Crippen LogP contribution in [0.5, 0.6) is 0 Å². The number of hydrogen-bond acceptors (Lipinski definition) is 2. The molecule has 1 saturated heterocycles. The predicted molar refractivity (Wildman–Crippen MR) is 57.5 cm³/mol. The van der Waals surface area contributed by atoms with E-state index >= 15 is 0 Å². The van der Waals surface area contributed by atoms with E-state index < -0.39 is 6.17 Å². The van der Waals surface area contributed by atoms with Gasteiger partial charge in [-0.1, -0.05) is 29.8 Å². The molecule has 1 aromatic carbocycles. The lowest BCUT2D eigenvalue weighted by atomic mass is 10.1. The minimum atomic E-state index is -0.866. The van der Waals surface area contributed by atoms with Crippen molar-refractivity contribution in [1.82, 2.24) is 5.32 Å². The van der Waals surface area contributed by atoms with Gasteiger partial charge in [0.1, 0.15) is 12.3 Å².